The highest BCUT2D eigenvalue weighted by Crippen LogP contribution is 2.19. The lowest BCUT2D eigenvalue weighted by molar-refractivity contribution is -0.132. The zero-order valence-corrected chi connectivity index (χ0v) is 16.0. The molecule has 1 unspecified atom stereocenters. The van der Waals surface area contributed by atoms with Gasteiger partial charge in [0.25, 0.3) is 0 Å². The van der Waals surface area contributed by atoms with Gasteiger partial charge in [-0.2, -0.15) is 0 Å². The van der Waals surface area contributed by atoms with Crippen LogP contribution in [0.4, 0.5) is 0 Å². The van der Waals surface area contributed by atoms with Gasteiger partial charge in [0.15, 0.2) is 0 Å². The zero-order chi connectivity index (χ0) is 18.4. The topological polar surface area (TPSA) is 75.7 Å². The van der Waals surface area contributed by atoms with Crippen molar-refractivity contribution in [1.82, 2.24) is 9.62 Å². The number of carbonyl (C=O) groups is 1. The van der Waals surface area contributed by atoms with Crippen LogP contribution in [0.3, 0.4) is 0 Å². The van der Waals surface area contributed by atoms with E-state index in [1.165, 1.54) is 19.2 Å². The molecule has 1 aliphatic rings. The summed E-state index contributed by atoms with van der Waals surface area (Å²) < 4.78 is 33.0. The molecule has 0 bridgehead atoms. The monoisotopic (exact) mass is 368 g/mol. The molecule has 140 valence electrons. The van der Waals surface area contributed by atoms with E-state index in [2.05, 4.69) is 4.72 Å². The first-order valence-corrected chi connectivity index (χ1v) is 10.3. The number of piperidine rings is 1. The molecule has 7 heteroatoms. The number of rotatable bonds is 7. The number of hydrogen-bond donors (Lipinski definition) is 1. The summed E-state index contributed by atoms with van der Waals surface area (Å²) in [7, 11) is -2.15. The molecular formula is C18H28N2O4S. The fraction of sp³-hybridized carbons (Fsp3) is 0.611. The van der Waals surface area contributed by atoms with Crippen LogP contribution < -0.4 is 9.46 Å². The van der Waals surface area contributed by atoms with Gasteiger partial charge in [-0.05, 0) is 49.4 Å². The Morgan fingerprint density at radius 2 is 1.76 bits per heavy atom. The standard InChI is InChI=1S/C18H28N2O4S/c1-14(2)17(13-18(21)20-11-5-4-6-12-20)19-25(22,23)16-9-7-15(24-3)8-10-16/h7-10,14,17,19H,4-6,11-13H2,1-3H3. The molecule has 1 aromatic rings. The third kappa shape index (κ3) is 5.44. The van der Waals surface area contributed by atoms with Gasteiger partial charge < -0.3 is 9.64 Å². The van der Waals surface area contributed by atoms with Gasteiger partial charge >= 0.3 is 0 Å². The second-order valence-corrected chi connectivity index (χ2v) is 8.51. The van der Waals surface area contributed by atoms with Crippen LogP contribution in [0.25, 0.3) is 0 Å². The SMILES string of the molecule is COc1ccc(S(=O)(=O)NC(CC(=O)N2CCCCC2)C(C)C)cc1. The van der Waals surface area contributed by atoms with Crippen LogP contribution in [-0.4, -0.2) is 45.5 Å². The highest BCUT2D eigenvalue weighted by molar-refractivity contribution is 7.89. The summed E-state index contributed by atoms with van der Waals surface area (Å²) in [6.07, 6.45) is 3.39. The molecule has 1 aromatic carbocycles. The first kappa shape index (κ1) is 19.7. The molecule has 2 rings (SSSR count). The van der Waals surface area contributed by atoms with Gasteiger partial charge in [-0.25, -0.2) is 13.1 Å². The molecule has 1 aliphatic heterocycles. The van der Waals surface area contributed by atoms with Crippen molar-refractivity contribution in [3.8, 4) is 5.75 Å². The summed E-state index contributed by atoms with van der Waals surface area (Å²) >= 11 is 0. The molecule has 0 spiro atoms. The molecule has 6 nitrogen and oxygen atoms in total. The molecule has 1 saturated heterocycles. The number of ether oxygens (including phenoxy) is 1. The van der Waals surface area contributed by atoms with E-state index >= 15 is 0 Å². The number of carbonyl (C=O) groups excluding carboxylic acids is 1. The quantitative estimate of drug-likeness (QED) is 0.802. The minimum atomic E-state index is -3.68. The number of nitrogens with one attached hydrogen (secondary N) is 1. The van der Waals surface area contributed by atoms with E-state index in [9.17, 15) is 13.2 Å². The molecule has 0 aliphatic carbocycles. The van der Waals surface area contributed by atoms with Gasteiger partial charge in [0, 0.05) is 25.6 Å². The van der Waals surface area contributed by atoms with Crippen molar-refractivity contribution in [2.75, 3.05) is 20.2 Å². The highest BCUT2D eigenvalue weighted by Gasteiger charge is 2.27. The predicted octanol–water partition coefficient (Wildman–Crippen LogP) is 2.40. The number of likely N-dealkylation sites (tertiary alicyclic amines) is 1. The summed E-state index contributed by atoms with van der Waals surface area (Å²) in [4.78, 5) is 14.5. The van der Waals surface area contributed by atoms with E-state index < -0.39 is 16.1 Å². The molecule has 0 aromatic heterocycles. The average molecular weight is 368 g/mol. The lowest BCUT2D eigenvalue weighted by atomic mass is 10.0. The van der Waals surface area contributed by atoms with Crippen molar-refractivity contribution in [3.05, 3.63) is 24.3 Å². The third-order valence-electron chi connectivity index (χ3n) is 4.58. The molecular weight excluding hydrogens is 340 g/mol. The Labute approximate surface area is 150 Å². The summed E-state index contributed by atoms with van der Waals surface area (Å²) in [5.41, 5.74) is 0. The predicted molar refractivity (Wildman–Crippen MR) is 97.0 cm³/mol. The van der Waals surface area contributed by atoms with Crippen LogP contribution in [0.1, 0.15) is 39.5 Å². The molecule has 25 heavy (non-hydrogen) atoms. The van der Waals surface area contributed by atoms with Crippen molar-refractivity contribution in [2.24, 2.45) is 5.92 Å². The van der Waals surface area contributed by atoms with Gasteiger partial charge in [-0.3, -0.25) is 4.79 Å². The first-order chi connectivity index (χ1) is 11.8. The van der Waals surface area contributed by atoms with E-state index in [4.69, 9.17) is 4.74 Å². The van der Waals surface area contributed by atoms with E-state index in [1.54, 1.807) is 12.1 Å². The van der Waals surface area contributed by atoms with Gasteiger partial charge in [-0.15, -0.1) is 0 Å². The average Bonchev–Trinajstić information content (AvgIpc) is 2.61. The number of sulfonamides is 1. The van der Waals surface area contributed by atoms with Gasteiger partial charge in [0.1, 0.15) is 5.75 Å². The maximum absolute atomic E-state index is 12.6. The van der Waals surface area contributed by atoms with Crippen molar-refractivity contribution in [1.29, 1.82) is 0 Å². The fourth-order valence-electron chi connectivity index (χ4n) is 2.90. The minimum absolute atomic E-state index is 0.0155. The molecule has 0 radical (unpaired) electrons. The van der Waals surface area contributed by atoms with Crippen LogP contribution >= 0.6 is 0 Å². The lowest BCUT2D eigenvalue weighted by Gasteiger charge is -2.29. The maximum atomic E-state index is 12.6. The minimum Gasteiger partial charge on any atom is -0.497 e. The lowest BCUT2D eigenvalue weighted by Crippen LogP contribution is -2.44. The van der Waals surface area contributed by atoms with E-state index in [1.807, 2.05) is 18.7 Å². The van der Waals surface area contributed by atoms with Crippen LogP contribution in [0.15, 0.2) is 29.2 Å². The Kier molecular flexibility index (Phi) is 6.84. The van der Waals surface area contributed by atoms with E-state index in [-0.39, 0.29) is 23.1 Å². The Morgan fingerprint density at radius 3 is 2.28 bits per heavy atom. The number of benzene rings is 1. The van der Waals surface area contributed by atoms with Crippen LogP contribution in [0.2, 0.25) is 0 Å². The third-order valence-corrected chi connectivity index (χ3v) is 6.09. The Hall–Kier alpha value is -1.60. The van der Waals surface area contributed by atoms with Crippen molar-refractivity contribution in [2.45, 2.75) is 50.5 Å². The normalized spacial score (nSPS) is 16.7. The fourth-order valence-corrected chi connectivity index (χ4v) is 4.28. The van der Waals surface area contributed by atoms with Gasteiger partial charge in [0.05, 0.1) is 12.0 Å². The second-order valence-electron chi connectivity index (χ2n) is 6.79. The largest absolute Gasteiger partial charge is 0.497 e. The zero-order valence-electron chi connectivity index (χ0n) is 15.2. The second kappa shape index (κ2) is 8.67. The molecule has 1 amide bonds. The van der Waals surface area contributed by atoms with Crippen LogP contribution in [0.5, 0.6) is 5.75 Å². The highest BCUT2D eigenvalue weighted by atomic mass is 32.2. The summed E-state index contributed by atoms with van der Waals surface area (Å²) in [5.74, 6) is 0.636. The van der Waals surface area contributed by atoms with E-state index in [0.29, 0.717) is 5.75 Å². The van der Waals surface area contributed by atoms with Crippen molar-refractivity contribution < 1.29 is 17.9 Å². The summed E-state index contributed by atoms with van der Waals surface area (Å²) in [6, 6.07) is 5.80. The smallest absolute Gasteiger partial charge is 0.240 e. The molecule has 1 N–H and O–H groups in total. The molecule has 1 fully saturated rings. The number of amides is 1. The number of nitrogens with zero attached hydrogens (tertiary/aromatic N) is 1. The molecule has 1 atom stereocenters. The summed E-state index contributed by atoms with van der Waals surface area (Å²) in [5, 5.41) is 0. The Bertz CT molecular complexity index is 665. The molecule has 1 heterocycles. The van der Waals surface area contributed by atoms with Crippen LogP contribution in [-0.2, 0) is 14.8 Å². The number of methoxy groups -OCH3 is 1. The number of hydrogen-bond acceptors (Lipinski definition) is 4. The van der Waals surface area contributed by atoms with Gasteiger partial charge in [-0.1, -0.05) is 13.8 Å². The molecule has 0 saturated carbocycles. The van der Waals surface area contributed by atoms with Crippen molar-refractivity contribution >= 4 is 15.9 Å². The summed E-state index contributed by atoms with van der Waals surface area (Å²) in [6.45, 7) is 5.39. The van der Waals surface area contributed by atoms with Crippen molar-refractivity contribution in [3.63, 3.8) is 0 Å². The first-order valence-electron chi connectivity index (χ1n) is 8.77. The Balaban J connectivity index is 2.07. The maximum Gasteiger partial charge on any atom is 0.240 e. The van der Waals surface area contributed by atoms with E-state index in [0.717, 1.165) is 32.4 Å². The Morgan fingerprint density at radius 1 is 1.16 bits per heavy atom. The van der Waals surface area contributed by atoms with Gasteiger partial charge in [0.2, 0.25) is 15.9 Å². The van der Waals surface area contributed by atoms with Crippen LogP contribution in [0, 0.1) is 5.92 Å².